The number of nitrogens with one attached hydrogen (secondary N) is 2. The van der Waals surface area contributed by atoms with E-state index in [1.54, 1.807) is 0 Å². The lowest BCUT2D eigenvalue weighted by Gasteiger charge is -2.34. The van der Waals surface area contributed by atoms with Crippen molar-refractivity contribution in [3.05, 3.63) is 45.9 Å². The molecule has 6 nitrogen and oxygen atoms in total. The average molecular weight is 445 g/mol. The number of benzene rings is 1. The highest BCUT2D eigenvalue weighted by Crippen LogP contribution is 2.33. The molecule has 11 heteroatoms. The summed E-state index contributed by atoms with van der Waals surface area (Å²) in [6.45, 7) is 3.65. The maximum atomic E-state index is 13.0. The predicted molar refractivity (Wildman–Crippen MR) is 109 cm³/mol. The van der Waals surface area contributed by atoms with Gasteiger partial charge < -0.3 is 16.4 Å². The van der Waals surface area contributed by atoms with Gasteiger partial charge in [0.1, 0.15) is 5.82 Å². The highest BCUT2D eigenvalue weighted by molar-refractivity contribution is 7.97. The van der Waals surface area contributed by atoms with E-state index in [4.69, 9.17) is 17.3 Å². The molecule has 4 N–H and O–H groups in total. The number of nitrogens with two attached hydrogens (primary N) is 1. The van der Waals surface area contributed by atoms with Crippen LogP contribution in [0.15, 0.2) is 18.2 Å². The van der Waals surface area contributed by atoms with Crippen molar-refractivity contribution < 1.29 is 13.2 Å². The van der Waals surface area contributed by atoms with Gasteiger partial charge >= 0.3 is 6.18 Å². The summed E-state index contributed by atoms with van der Waals surface area (Å²) in [7, 11) is 0. The second-order valence-corrected chi connectivity index (χ2v) is 8.81. The van der Waals surface area contributed by atoms with Crippen LogP contribution in [0.2, 0.25) is 5.28 Å². The van der Waals surface area contributed by atoms with Gasteiger partial charge in [-0.05, 0) is 35.4 Å². The molecule has 0 amide bonds. The Labute approximate surface area is 175 Å². The lowest BCUT2D eigenvalue weighted by atomic mass is 10.1. The first-order valence-electron chi connectivity index (χ1n) is 9.16. The molecule has 1 aromatic carbocycles. The van der Waals surface area contributed by atoms with Crippen LogP contribution in [0.5, 0.6) is 0 Å². The first-order chi connectivity index (χ1) is 13.8. The zero-order valence-electron chi connectivity index (χ0n) is 15.4. The normalized spacial score (nSPS) is 17.7. The Balaban J connectivity index is 1.52. The quantitative estimate of drug-likeness (QED) is 0.371. The van der Waals surface area contributed by atoms with Gasteiger partial charge in [-0.15, -0.1) is 0 Å². The van der Waals surface area contributed by atoms with Crippen LogP contribution in [0.3, 0.4) is 0 Å². The van der Waals surface area contributed by atoms with Gasteiger partial charge in [-0.1, -0.05) is 11.9 Å². The van der Waals surface area contributed by atoms with Crippen molar-refractivity contribution in [2.24, 2.45) is 0 Å². The average Bonchev–Trinajstić information content (AvgIpc) is 2.61. The topological polar surface area (TPSA) is 79.1 Å². The van der Waals surface area contributed by atoms with E-state index in [-0.39, 0.29) is 17.5 Å². The van der Waals surface area contributed by atoms with Crippen LogP contribution >= 0.6 is 23.5 Å². The standard InChI is InChI=1S/C18H20ClF3N6S/c19-17-26-15-1-2-28(29-13-7-24-8-13)9-14(15)16(27-17)25-6-10-3-11(18(20,21)22)5-12(23)4-10/h3-5,13,24H,1-2,6-9,23H2,(H,25,26,27). The molecule has 156 valence electrons. The molecule has 4 rings (SSSR count). The number of anilines is 2. The second kappa shape index (κ2) is 8.17. The number of nitrogen functional groups attached to an aromatic ring is 1. The largest absolute Gasteiger partial charge is 0.416 e. The van der Waals surface area contributed by atoms with Gasteiger partial charge in [0.15, 0.2) is 0 Å². The third-order valence-electron chi connectivity index (χ3n) is 4.84. The Morgan fingerprint density at radius 2 is 2.07 bits per heavy atom. The van der Waals surface area contributed by atoms with E-state index < -0.39 is 11.7 Å². The molecular formula is C18H20ClF3N6S. The number of aromatic nitrogens is 2. The Hall–Kier alpha value is -1.75. The van der Waals surface area contributed by atoms with Gasteiger partial charge in [0.2, 0.25) is 5.28 Å². The van der Waals surface area contributed by atoms with Crippen LogP contribution in [0.4, 0.5) is 24.7 Å². The highest BCUT2D eigenvalue weighted by Gasteiger charge is 2.31. The molecular weight excluding hydrogens is 425 g/mol. The minimum absolute atomic E-state index is 0.0658. The zero-order chi connectivity index (χ0) is 20.6. The summed E-state index contributed by atoms with van der Waals surface area (Å²) in [6.07, 6.45) is -3.70. The monoisotopic (exact) mass is 444 g/mol. The summed E-state index contributed by atoms with van der Waals surface area (Å²) in [4.78, 5) is 8.62. The third kappa shape index (κ3) is 4.88. The van der Waals surface area contributed by atoms with Gasteiger partial charge in [-0.3, -0.25) is 0 Å². The second-order valence-electron chi connectivity index (χ2n) is 7.08. The molecule has 29 heavy (non-hydrogen) atoms. The number of fused-ring (bicyclic) bond motifs is 1. The molecule has 0 bridgehead atoms. The molecule has 0 spiro atoms. The smallest absolute Gasteiger partial charge is 0.399 e. The molecule has 1 fully saturated rings. The van der Waals surface area contributed by atoms with Crippen LogP contribution in [-0.2, 0) is 25.7 Å². The number of rotatable bonds is 5. The van der Waals surface area contributed by atoms with Crippen molar-refractivity contribution in [1.29, 1.82) is 0 Å². The maximum Gasteiger partial charge on any atom is 0.416 e. The molecule has 0 unspecified atom stereocenters. The van der Waals surface area contributed by atoms with Gasteiger partial charge in [0, 0.05) is 55.6 Å². The molecule has 1 saturated heterocycles. The van der Waals surface area contributed by atoms with Crippen molar-refractivity contribution in [1.82, 2.24) is 19.6 Å². The van der Waals surface area contributed by atoms with Crippen molar-refractivity contribution in [3.8, 4) is 0 Å². The summed E-state index contributed by atoms with van der Waals surface area (Å²) < 4.78 is 41.4. The SMILES string of the molecule is Nc1cc(CNc2nc(Cl)nc3c2CN(SC2CNC2)CC3)cc(C(F)(F)F)c1. The lowest BCUT2D eigenvalue weighted by Crippen LogP contribution is -2.46. The molecule has 2 aliphatic rings. The van der Waals surface area contributed by atoms with Crippen molar-refractivity contribution in [2.45, 2.75) is 30.9 Å². The van der Waals surface area contributed by atoms with E-state index in [0.717, 1.165) is 49.4 Å². The zero-order valence-corrected chi connectivity index (χ0v) is 17.0. The van der Waals surface area contributed by atoms with E-state index in [1.165, 1.54) is 6.07 Å². The third-order valence-corrected chi connectivity index (χ3v) is 6.25. The summed E-state index contributed by atoms with van der Waals surface area (Å²) in [6, 6.07) is 3.53. The van der Waals surface area contributed by atoms with Crippen LogP contribution in [0, 0.1) is 0 Å². The van der Waals surface area contributed by atoms with Crippen LogP contribution in [-0.4, -0.2) is 39.2 Å². The van der Waals surface area contributed by atoms with Crippen LogP contribution in [0.25, 0.3) is 0 Å². The first kappa shape index (κ1) is 20.5. The fourth-order valence-electron chi connectivity index (χ4n) is 3.31. The molecule has 1 aromatic heterocycles. The fraction of sp³-hybridized carbons (Fsp3) is 0.444. The van der Waals surface area contributed by atoms with Crippen molar-refractivity contribution in [2.75, 3.05) is 30.7 Å². The van der Waals surface area contributed by atoms with Gasteiger partial charge in [0.05, 0.1) is 11.3 Å². The molecule has 3 heterocycles. The Morgan fingerprint density at radius 1 is 1.28 bits per heavy atom. The number of hydrogen-bond acceptors (Lipinski definition) is 7. The summed E-state index contributed by atoms with van der Waals surface area (Å²) >= 11 is 7.89. The fourth-order valence-corrected chi connectivity index (χ4v) is 4.71. The summed E-state index contributed by atoms with van der Waals surface area (Å²) in [5.41, 5.74) is 7.18. The molecule has 2 aliphatic heterocycles. The molecule has 0 atom stereocenters. The Bertz CT molecular complexity index is 906. The summed E-state index contributed by atoms with van der Waals surface area (Å²) in [5, 5.41) is 7.07. The van der Waals surface area contributed by atoms with E-state index in [1.807, 2.05) is 11.9 Å². The Kier molecular flexibility index (Phi) is 5.78. The van der Waals surface area contributed by atoms with Gasteiger partial charge in [0.25, 0.3) is 0 Å². The van der Waals surface area contributed by atoms with E-state index in [0.29, 0.717) is 23.2 Å². The minimum Gasteiger partial charge on any atom is -0.399 e. The number of alkyl halides is 3. The molecule has 0 radical (unpaired) electrons. The number of nitrogens with zero attached hydrogens (tertiary/aromatic N) is 3. The number of halogens is 4. The number of hydrogen-bond donors (Lipinski definition) is 3. The van der Waals surface area contributed by atoms with Crippen LogP contribution in [0.1, 0.15) is 22.4 Å². The van der Waals surface area contributed by atoms with E-state index >= 15 is 0 Å². The lowest BCUT2D eigenvalue weighted by molar-refractivity contribution is -0.137. The molecule has 0 saturated carbocycles. The maximum absolute atomic E-state index is 13.0. The van der Waals surface area contributed by atoms with E-state index in [9.17, 15) is 13.2 Å². The first-order valence-corrected chi connectivity index (χ1v) is 10.4. The highest BCUT2D eigenvalue weighted by atomic mass is 35.5. The van der Waals surface area contributed by atoms with Crippen LogP contribution < -0.4 is 16.4 Å². The van der Waals surface area contributed by atoms with E-state index in [2.05, 4.69) is 24.9 Å². The summed E-state index contributed by atoms with van der Waals surface area (Å²) in [5.74, 6) is 0.549. The van der Waals surface area contributed by atoms with Crippen molar-refractivity contribution >= 4 is 35.1 Å². The molecule has 0 aliphatic carbocycles. The Morgan fingerprint density at radius 3 is 2.76 bits per heavy atom. The van der Waals surface area contributed by atoms with Gasteiger partial charge in [-0.2, -0.15) is 13.2 Å². The minimum atomic E-state index is -4.45. The predicted octanol–water partition coefficient (Wildman–Crippen LogP) is 3.32. The molecule has 2 aromatic rings. The van der Waals surface area contributed by atoms with Gasteiger partial charge in [-0.25, -0.2) is 14.3 Å². The van der Waals surface area contributed by atoms with Crippen molar-refractivity contribution in [3.63, 3.8) is 0 Å².